The molecule has 3 aromatic rings. The summed E-state index contributed by atoms with van der Waals surface area (Å²) in [7, 11) is 0. The summed E-state index contributed by atoms with van der Waals surface area (Å²) in [5.74, 6) is 0.924. The smallest absolute Gasteiger partial charge is 0.148 e. The highest BCUT2D eigenvalue weighted by Crippen LogP contribution is 2.49. The van der Waals surface area contributed by atoms with E-state index in [1.165, 1.54) is 5.56 Å². The van der Waals surface area contributed by atoms with Crippen molar-refractivity contribution in [2.75, 3.05) is 16.9 Å². The molecule has 4 rings (SSSR count). The average Bonchev–Trinajstić information content (AvgIpc) is 3.14. The second-order valence-electron chi connectivity index (χ2n) is 9.50. The lowest BCUT2D eigenvalue weighted by molar-refractivity contribution is 0.426. The van der Waals surface area contributed by atoms with E-state index in [9.17, 15) is 0 Å². The molecule has 1 aromatic carbocycles. The minimum atomic E-state index is -0.0999. The molecule has 6 heteroatoms. The number of hydrogen-bond acceptors (Lipinski definition) is 4. The first-order valence-electron chi connectivity index (χ1n) is 10.5. The molecule has 2 aromatic heterocycles. The Morgan fingerprint density at radius 3 is 2.70 bits per heavy atom. The van der Waals surface area contributed by atoms with Gasteiger partial charge in [-0.05, 0) is 48.6 Å². The summed E-state index contributed by atoms with van der Waals surface area (Å²) in [6.07, 6.45) is 4.78. The first-order valence-corrected chi connectivity index (χ1v) is 10.8. The number of pyridine rings is 1. The van der Waals surface area contributed by atoms with E-state index in [4.69, 9.17) is 16.6 Å². The van der Waals surface area contributed by atoms with E-state index in [0.29, 0.717) is 11.6 Å². The Morgan fingerprint density at radius 2 is 2.00 bits per heavy atom. The van der Waals surface area contributed by atoms with Crippen molar-refractivity contribution in [3.05, 3.63) is 65.3 Å². The molecule has 0 saturated heterocycles. The monoisotopic (exact) mass is 423 g/mol. The van der Waals surface area contributed by atoms with Gasteiger partial charge in [0.2, 0.25) is 0 Å². The Hall–Kier alpha value is -2.53. The minimum absolute atomic E-state index is 0.0999. The molecular formula is C24H30ClN5. The Kier molecular flexibility index (Phi) is 5.05. The van der Waals surface area contributed by atoms with Gasteiger partial charge in [-0.3, -0.25) is 4.98 Å². The van der Waals surface area contributed by atoms with E-state index in [0.717, 1.165) is 41.2 Å². The summed E-state index contributed by atoms with van der Waals surface area (Å²) in [6, 6.07) is 7.96. The molecule has 0 aliphatic carbocycles. The molecule has 0 fully saturated rings. The number of fused-ring (bicyclic) bond motifs is 2. The number of nitrogens with zero attached hydrogens (tertiary/aromatic N) is 4. The number of imidazole rings is 1. The van der Waals surface area contributed by atoms with Crippen LogP contribution < -0.4 is 10.3 Å². The predicted molar refractivity (Wildman–Crippen MR) is 126 cm³/mol. The van der Waals surface area contributed by atoms with Crippen molar-refractivity contribution >= 4 is 28.3 Å². The fourth-order valence-electron chi connectivity index (χ4n) is 4.09. The Labute approximate surface area is 183 Å². The fourth-order valence-corrected chi connectivity index (χ4v) is 4.25. The fraction of sp³-hybridized carbons (Fsp3) is 0.417. The Bertz CT molecular complexity index is 1110. The SMILES string of the molecule is C=C1N(Cc2nc3cc(Cl)ccc3n2NCC(C)(C)C)c2cnccc2C1(C)CC. The average molecular weight is 424 g/mol. The number of anilines is 1. The van der Waals surface area contributed by atoms with Gasteiger partial charge in [-0.1, -0.05) is 45.9 Å². The molecule has 3 heterocycles. The predicted octanol–water partition coefficient (Wildman–Crippen LogP) is 5.88. The minimum Gasteiger partial charge on any atom is -0.336 e. The number of halogens is 1. The third-order valence-corrected chi connectivity index (χ3v) is 6.34. The van der Waals surface area contributed by atoms with Crippen LogP contribution in [-0.2, 0) is 12.0 Å². The molecular weight excluding hydrogens is 394 g/mol. The molecule has 1 aliphatic rings. The lowest BCUT2D eigenvalue weighted by Gasteiger charge is -2.28. The second-order valence-corrected chi connectivity index (χ2v) is 9.94. The summed E-state index contributed by atoms with van der Waals surface area (Å²) in [5, 5.41) is 0.688. The first kappa shape index (κ1) is 20.7. The zero-order chi connectivity index (χ0) is 21.7. The highest BCUT2D eigenvalue weighted by molar-refractivity contribution is 6.31. The number of allylic oxidation sites excluding steroid dienone is 1. The van der Waals surface area contributed by atoms with Crippen LogP contribution in [0.1, 0.15) is 52.4 Å². The van der Waals surface area contributed by atoms with Gasteiger partial charge in [-0.2, -0.15) is 0 Å². The molecule has 0 bridgehead atoms. The second kappa shape index (κ2) is 7.31. The summed E-state index contributed by atoms with van der Waals surface area (Å²) >= 11 is 6.24. The van der Waals surface area contributed by atoms with Crippen molar-refractivity contribution in [1.82, 2.24) is 14.6 Å². The van der Waals surface area contributed by atoms with Crippen LogP contribution in [0, 0.1) is 5.41 Å². The molecule has 0 amide bonds. The van der Waals surface area contributed by atoms with Crippen molar-refractivity contribution in [1.29, 1.82) is 0 Å². The molecule has 0 radical (unpaired) electrons. The van der Waals surface area contributed by atoms with Gasteiger partial charge in [-0.25, -0.2) is 9.66 Å². The molecule has 1 unspecified atom stereocenters. The quantitative estimate of drug-likeness (QED) is 0.556. The maximum absolute atomic E-state index is 6.24. The van der Waals surface area contributed by atoms with E-state index < -0.39 is 0 Å². The van der Waals surface area contributed by atoms with Gasteiger partial charge < -0.3 is 10.3 Å². The highest BCUT2D eigenvalue weighted by Gasteiger charge is 2.41. The van der Waals surface area contributed by atoms with Crippen molar-refractivity contribution in [3.8, 4) is 0 Å². The summed E-state index contributed by atoms with van der Waals surface area (Å²) in [6.45, 7) is 17.0. The molecule has 158 valence electrons. The van der Waals surface area contributed by atoms with Crippen molar-refractivity contribution in [3.63, 3.8) is 0 Å². The molecule has 1 aliphatic heterocycles. The number of aromatic nitrogens is 3. The van der Waals surface area contributed by atoms with Crippen molar-refractivity contribution in [2.24, 2.45) is 5.41 Å². The summed E-state index contributed by atoms with van der Waals surface area (Å²) in [4.78, 5) is 11.6. The highest BCUT2D eigenvalue weighted by atomic mass is 35.5. The Balaban J connectivity index is 1.78. The van der Waals surface area contributed by atoms with Gasteiger partial charge in [0, 0.05) is 28.9 Å². The van der Waals surface area contributed by atoms with Crippen LogP contribution in [0.3, 0.4) is 0 Å². The normalized spacial score (nSPS) is 18.9. The maximum Gasteiger partial charge on any atom is 0.148 e. The van der Waals surface area contributed by atoms with Gasteiger partial charge in [0.15, 0.2) is 0 Å². The van der Waals surface area contributed by atoms with Gasteiger partial charge in [-0.15, -0.1) is 0 Å². The topological polar surface area (TPSA) is 46.0 Å². The van der Waals surface area contributed by atoms with Gasteiger partial charge in [0.1, 0.15) is 5.82 Å². The van der Waals surface area contributed by atoms with Crippen molar-refractivity contribution in [2.45, 2.75) is 53.0 Å². The molecule has 5 nitrogen and oxygen atoms in total. The van der Waals surface area contributed by atoms with Crippen LogP contribution in [0.25, 0.3) is 11.0 Å². The van der Waals surface area contributed by atoms with E-state index in [1.807, 2.05) is 30.6 Å². The van der Waals surface area contributed by atoms with Crippen LogP contribution in [0.5, 0.6) is 0 Å². The number of benzene rings is 1. The summed E-state index contributed by atoms with van der Waals surface area (Å²) < 4.78 is 2.10. The Morgan fingerprint density at radius 1 is 1.23 bits per heavy atom. The van der Waals surface area contributed by atoms with Crippen LogP contribution >= 0.6 is 11.6 Å². The van der Waals surface area contributed by atoms with Crippen molar-refractivity contribution < 1.29 is 0 Å². The third-order valence-electron chi connectivity index (χ3n) is 6.11. The van der Waals surface area contributed by atoms with E-state index in [-0.39, 0.29) is 10.8 Å². The largest absolute Gasteiger partial charge is 0.336 e. The number of hydrogen-bond donors (Lipinski definition) is 1. The molecule has 30 heavy (non-hydrogen) atoms. The van der Waals surface area contributed by atoms with Gasteiger partial charge in [0.25, 0.3) is 0 Å². The van der Waals surface area contributed by atoms with E-state index >= 15 is 0 Å². The first-order chi connectivity index (χ1) is 14.1. The molecule has 0 spiro atoms. The standard InChI is InChI=1S/C24H30ClN5/c1-7-24(6)16(2)29(21-13-26-11-10-18(21)24)14-22-28-19-12-17(25)8-9-20(19)30(22)27-15-23(3,4)5/h8-13,27H,2,7,14-15H2,1,3-6H3. The van der Waals surface area contributed by atoms with Gasteiger partial charge in [0.05, 0.1) is 29.5 Å². The molecule has 1 N–H and O–H groups in total. The summed E-state index contributed by atoms with van der Waals surface area (Å²) in [5.41, 5.74) is 8.99. The lowest BCUT2D eigenvalue weighted by Crippen LogP contribution is -2.31. The zero-order valence-corrected chi connectivity index (χ0v) is 19.2. The maximum atomic E-state index is 6.24. The van der Waals surface area contributed by atoms with Gasteiger partial charge >= 0.3 is 0 Å². The van der Waals surface area contributed by atoms with Crippen LogP contribution in [-0.4, -0.2) is 21.2 Å². The van der Waals surface area contributed by atoms with Crippen LogP contribution in [0.4, 0.5) is 5.69 Å². The molecule has 0 saturated carbocycles. The third kappa shape index (κ3) is 3.45. The number of nitrogens with one attached hydrogen (secondary N) is 1. The molecule has 1 atom stereocenters. The van der Waals surface area contributed by atoms with Crippen LogP contribution in [0.2, 0.25) is 5.02 Å². The van der Waals surface area contributed by atoms with E-state index in [1.54, 1.807) is 0 Å². The lowest BCUT2D eigenvalue weighted by atomic mass is 9.80. The van der Waals surface area contributed by atoms with E-state index in [2.05, 4.69) is 67.2 Å². The number of rotatable bonds is 5. The van der Waals surface area contributed by atoms with Crippen LogP contribution in [0.15, 0.2) is 48.9 Å². The zero-order valence-electron chi connectivity index (χ0n) is 18.5.